The van der Waals surface area contributed by atoms with Crippen molar-refractivity contribution in [1.29, 1.82) is 0 Å². The minimum Gasteiger partial charge on any atom is -0.337 e. The first-order chi connectivity index (χ1) is 13.4. The van der Waals surface area contributed by atoms with Crippen molar-refractivity contribution in [1.82, 2.24) is 14.5 Å². The highest BCUT2D eigenvalue weighted by Crippen LogP contribution is 2.23. The summed E-state index contributed by atoms with van der Waals surface area (Å²) in [5.41, 5.74) is 1.46. The molecule has 8 heteroatoms. The fourth-order valence-electron chi connectivity index (χ4n) is 3.30. The van der Waals surface area contributed by atoms with Gasteiger partial charge in [-0.15, -0.1) is 0 Å². The highest BCUT2D eigenvalue weighted by atomic mass is 35.5. The van der Waals surface area contributed by atoms with E-state index in [1.54, 1.807) is 4.90 Å². The monoisotopic (exact) mass is 421 g/mol. The maximum absolute atomic E-state index is 13.0. The molecule has 0 aliphatic carbocycles. The summed E-state index contributed by atoms with van der Waals surface area (Å²) in [6.07, 6.45) is 0.852. The Labute approximate surface area is 171 Å². The van der Waals surface area contributed by atoms with Crippen molar-refractivity contribution < 1.29 is 13.2 Å². The number of hydrogen-bond donors (Lipinski definition) is 1. The molecule has 1 heterocycles. The van der Waals surface area contributed by atoms with Gasteiger partial charge in [0.1, 0.15) is 0 Å². The molecule has 2 aromatic rings. The molecule has 1 aliphatic heterocycles. The van der Waals surface area contributed by atoms with E-state index in [4.69, 9.17) is 11.6 Å². The Morgan fingerprint density at radius 2 is 1.82 bits per heavy atom. The molecule has 1 aliphatic rings. The average Bonchev–Trinajstić information content (AvgIpc) is 2.94. The van der Waals surface area contributed by atoms with Crippen LogP contribution in [0, 0.1) is 0 Å². The molecular weight excluding hydrogens is 398 g/mol. The van der Waals surface area contributed by atoms with E-state index < -0.39 is 10.0 Å². The van der Waals surface area contributed by atoms with Crippen LogP contribution in [0.2, 0.25) is 5.02 Å². The van der Waals surface area contributed by atoms with Crippen LogP contribution in [0.15, 0.2) is 53.4 Å². The highest BCUT2D eigenvalue weighted by molar-refractivity contribution is 7.89. The molecule has 0 radical (unpaired) electrons. The van der Waals surface area contributed by atoms with E-state index in [1.807, 2.05) is 18.2 Å². The second kappa shape index (κ2) is 9.05. The van der Waals surface area contributed by atoms with Crippen LogP contribution in [0.4, 0.5) is 0 Å². The van der Waals surface area contributed by atoms with E-state index in [2.05, 4.69) is 21.8 Å². The number of benzene rings is 2. The molecule has 0 unspecified atom stereocenters. The van der Waals surface area contributed by atoms with Crippen LogP contribution >= 0.6 is 11.6 Å². The van der Waals surface area contributed by atoms with Crippen molar-refractivity contribution in [2.75, 3.05) is 33.2 Å². The number of carbonyl (C=O) groups excluding carboxylic acids is 1. The van der Waals surface area contributed by atoms with E-state index in [-0.39, 0.29) is 21.4 Å². The first-order valence-corrected chi connectivity index (χ1v) is 11.1. The number of carbonyl (C=O) groups is 1. The quantitative estimate of drug-likeness (QED) is 0.805. The van der Waals surface area contributed by atoms with Gasteiger partial charge in [-0.2, -0.15) is 0 Å². The minimum atomic E-state index is -3.64. The molecule has 1 amide bonds. The lowest BCUT2D eigenvalue weighted by molar-refractivity contribution is 0.0761. The lowest BCUT2D eigenvalue weighted by Gasteiger charge is -2.22. The molecule has 0 aromatic heterocycles. The zero-order valence-electron chi connectivity index (χ0n) is 15.8. The number of halogens is 1. The Morgan fingerprint density at radius 3 is 2.54 bits per heavy atom. The highest BCUT2D eigenvalue weighted by Gasteiger charge is 2.24. The van der Waals surface area contributed by atoms with E-state index >= 15 is 0 Å². The van der Waals surface area contributed by atoms with E-state index in [9.17, 15) is 13.2 Å². The Bertz CT molecular complexity index is 935. The Kier molecular flexibility index (Phi) is 6.72. The maximum atomic E-state index is 13.0. The molecule has 2 aromatic carbocycles. The summed E-state index contributed by atoms with van der Waals surface area (Å²) in [6, 6.07) is 14.5. The lowest BCUT2D eigenvalue weighted by atomic mass is 10.2. The minimum absolute atomic E-state index is 0.0308. The van der Waals surface area contributed by atoms with Crippen LogP contribution in [0.1, 0.15) is 22.3 Å². The molecule has 0 saturated carbocycles. The largest absolute Gasteiger partial charge is 0.337 e. The van der Waals surface area contributed by atoms with Crippen LogP contribution in [0.3, 0.4) is 0 Å². The third-order valence-electron chi connectivity index (χ3n) is 4.87. The summed E-state index contributed by atoms with van der Waals surface area (Å²) in [4.78, 5) is 17.1. The van der Waals surface area contributed by atoms with Gasteiger partial charge >= 0.3 is 0 Å². The van der Waals surface area contributed by atoms with Crippen molar-refractivity contribution in [2.45, 2.75) is 17.9 Å². The molecule has 1 saturated heterocycles. The van der Waals surface area contributed by atoms with Crippen molar-refractivity contribution in [3.8, 4) is 0 Å². The third kappa shape index (κ3) is 4.91. The summed E-state index contributed by atoms with van der Waals surface area (Å²) >= 11 is 6.21. The van der Waals surface area contributed by atoms with Gasteiger partial charge in [0.2, 0.25) is 10.0 Å². The molecule has 3 rings (SSSR count). The summed E-state index contributed by atoms with van der Waals surface area (Å²) in [7, 11) is -2.30. The van der Waals surface area contributed by atoms with Crippen molar-refractivity contribution in [3.05, 3.63) is 64.7 Å². The Hall–Kier alpha value is -1.93. The van der Waals surface area contributed by atoms with Crippen LogP contribution in [-0.4, -0.2) is 57.4 Å². The van der Waals surface area contributed by atoms with Gasteiger partial charge in [0.25, 0.3) is 5.91 Å². The number of amides is 1. The number of rotatable bonds is 5. The van der Waals surface area contributed by atoms with Gasteiger partial charge in [-0.1, -0.05) is 41.9 Å². The summed E-state index contributed by atoms with van der Waals surface area (Å²) in [5, 5.41) is 0.255. The van der Waals surface area contributed by atoms with E-state index in [0.29, 0.717) is 13.1 Å². The number of hydrogen-bond acceptors (Lipinski definition) is 4. The van der Waals surface area contributed by atoms with E-state index in [1.165, 1.54) is 30.8 Å². The second-order valence-electron chi connectivity index (χ2n) is 6.76. The maximum Gasteiger partial charge on any atom is 0.255 e. The van der Waals surface area contributed by atoms with Crippen molar-refractivity contribution in [3.63, 3.8) is 0 Å². The first-order valence-electron chi connectivity index (χ1n) is 9.19. The first kappa shape index (κ1) is 20.8. The third-order valence-corrected chi connectivity index (χ3v) is 6.61. The van der Waals surface area contributed by atoms with Gasteiger partial charge in [-0.25, -0.2) is 13.1 Å². The van der Waals surface area contributed by atoms with Gasteiger partial charge in [0, 0.05) is 32.7 Å². The average molecular weight is 422 g/mol. The van der Waals surface area contributed by atoms with Gasteiger partial charge in [0.15, 0.2) is 0 Å². The van der Waals surface area contributed by atoms with Crippen LogP contribution < -0.4 is 4.72 Å². The standard InChI is InChI=1S/C20H24ClN3O3S/c1-22-28(26,27)17-8-9-19(21)18(14-17)20(25)24-11-5-10-23(12-13-24)15-16-6-3-2-4-7-16/h2-4,6-9,14,22H,5,10-13,15H2,1H3. The summed E-state index contributed by atoms with van der Waals surface area (Å²) < 4.78 is 26.4. The normalized spacial score (nSPS) is 16.0. The fourth-order valence-corrected chi connectivity index (χ4v) is 4.25. The topological polar surface area (TPSA) is 69.7 Å². The summed E-state index contributed by atoms with van der Waals surface area (Å²) in [6.45, 7) is 3.70. The predicted molar refractivity (Wildman–Crippen MR) is 110 cm³/mol. The van der Waals surface area contributed by atoms with Crippen LogP contribution in [0.5, 0.6) is 0 Å². The van der Waals surface area contributed by atoms with E-state index in [0.717, 1.165) is 26.1 Å². The molecule has 0 spiro atoms. The predicted octanol–water partition coefficient (Wildman–Crippen LogP) is 2.60. The molecule has 0 bridgehead atoms. The zero-order chi connectivity index (χ0) is 20.1. The molecule has 28 heavy (non-hydrogen) atoms. The zero-order valence-corrected chi connectivity index (χ0v) is 17.3. The van der Waals surface area contributed by atoms with Gasteiger partial charge in [0.05, 0.1) is 15.5 Å². The molecular formula is C20H24ClN3O3S. The lowest BCUT2D eigenvalue weighted by Crippen LogP contribution is -2.35. The second-order valence-corrected chi connectivity index (χ2v) is 9.05. The number of nitrogens with one attached hydrogen (secondary N) is 1. The molecule has 6 nitrogen and oxygen atoms in total. The van der Waals surface area contributed by atoms with Gasteiger partial charge < -0.3 is 4.90 Å². The Balaban J connectivity index is 1.72. The molecule has 1 fully saturated rings. The van der Waals surface area contributed by atoms with Gasteiger partial charge in [-0.05, 0) is 37.2 Å². The molecule has 150 valence electrons. The number of nitrogens with zero attached hydrogens (tertiary/aromatic N) is 2. The van der Waals surface area contributed by atoms with Gasteiger partial charge in [-0.3, -0.25) is 9.69 Å². The smallest absolute Gasteiger partial charge is 0.255 e. The van der Waals surface area contributed by atoms with Crippen molar-refractivity contribution in [2.24, 2.45) is 0 Å². The van der Waals surface area contributed by atoms with Crippen LogP contribution in [0.25, 0.3) is 0 Å². The molecule has 0 atom stereocenters. The summed E-state index contributed by atoms with van der Waals surface area (Å²) in [5.74, 6) is -0.236. The van der Waals surface area contributed by atoms with Crippen molar-refractivity contribution >= 4 is 27.5 Å². The molecule has 1 N–H and O–H groups in total. The SMILES string of the molecule is CNS(=O)(=O)c1ccc(Cl)c(C(=O)N2CCCN(Cc3ccccc3)CC2)c1. The Morgan fingerprint density at radius 1 is 1.07 bits per heavy atom. The van der Waals surface area contributed by atoms with Crippen LogP contribution in [-0.2, 0) is 16.6 Å². The fraction of sp³-hybridized carbons (Fsp3) is 0.350. The number of sulfonamides is 1.